The Morgan fingerprint density at radius 3 is 2.29 bits per heavy atom. The zero-order chi connectivity index (χ0) is 25.3. The summed E-state index contributed by atoms with van der Waals surface area (Å²) in [6.45, 7) is 0. The summed E-state index contributed by atoms with van der Waals surface area (Å²) in [5.41, 5.74) is -1.16. The maximum absolute atomic E-state index is 12.8. The minimum Gasteiger partial charge on any atom is -0.479 e. The van der Waals surface area contributed by atoms with Crippen molar-refractivity contribution in [3.8, 4) is 0 Å². The first-order chi connectivity index (χ1) is 16.6. The highest BCUT2D eigenvalue weighted by molar-refractivity contribution is 6.34. The second-order valence-corrected chi connectivity index (χ2v) is 8.82. The molecule has 0 saturated heterocycles. The molecule has 35 heavy (non-hydrogen) atoms. The van der Waals surface area contributed by atoms with Gasteiger partial charge in [0, 0.05) is 38.2 Å². The molecular weight excluding hydrogens is 515 g/mol. The van der Waals surface area contributed by atoms with Crippen molar-refractivity contribution >= 4 is 63.9 Å². The number of amides is 1. The largest absolute Gasteiger partial charge is 0.479 e. The number of halogens is 3. The van der Waals surface area contributed by atoms with Crippen molar-refractivity contribution in [2.45, 2.75) is 5.54 Å². The molecule has 0 aliphatic carbocycles. The fourth-order valence-corrected chi connectivity index (χ4v) is 4.54. The molecule has 0 saturated carbocycles. The van der Waals surface area contributed by atoms with Crippen LogP contribution in [0.15, 0.2) is 77.8 Å². The van der Waals surface area contributed by atoms with Gasteiger partial charge in [-0.15, -0.1) is 0 Å². The van der Waals surface area contributed by atoms with E-state index in [9.17, 15) is 24.6 Å². The second-order valence-electron chi connectivity index (χ2n) is 7.54. The Hall–Kier alpha value is -3.65. The van der Waals surface area contributed by atoms with E-state index in [0.29, 0.717) is 16.3 Å². The number of hydrogen-bond donors (Lipinski definition) is 3. The number of hydrogen-bond acceptors (Lipinski definition) is 4. The van der Waals surface area contributed by atoms with Crippen LogP contribution in [0.25, 0.3) is 5.57 Å². The number of nitrogens with zero attached hydrogens (tertiary/aromatic N) is 1. The molecule has 7 nitrogen and oxygen atoms in total. The summed E-state index contributed by atoms with van der Waals surface area (Å²) in [6.07, 6.45) is 1.97. The van der Waals surface area contributed by atoms with Crippen LogP contribution in [0.5, 0.6) is 0 Å². The SMILES string of the molecule is O=C(O)C=CC1=c2c(Cl)cc(Cl)cc2=NC1(C(=O)O)c1cccc(NC(=O)c2ccc(Cl)cc2)c1. The zero-order valence-corrected chi connectivity index (χ0v) is 19.9. The number of aliphatic carboxylic acids is 2. The fourth-order valence-electron chi connectivity index (χ4n) is 3.83. The smallest absolute Gasteiger partial charge is 0.341 e. The van der Waals surface area contributed by atoms with Gasteiger partial charge in [-0.25, -0.2) is 9.59 Å². The Balaban J connectivity index is 1.87. The van der Waals surface area contributed by atoms with Crippen molar-refractivity contribution in [1.29, 1.82) is 0 Å². The number of benzene rings is 3. The lowest BCUT2D eigenvalue weighted by atomic mass is 9.82. The van der Waals surface area contributed by atoms with Crippen molar-refractivity contribution in [1.82, 2.24) is 0 Å². The first kappa shape index (κ1) is 24.5. The minimum atomic E-state index is -2.04. The minimum absolute atomic E-state index is 0.0465. The van der Waals surface area contributed by atoms with Crippen LogP contribution in [0.3, 0.4) is 0 Å². The van der Waals surface area contributed by atoms with Crippen molar-refractivity contribution < 1.29 is 24.6 Å². The zero-order valence-electron chi connectivity index (χ0n) is 17.6. The number of nitrogens with one attached hydrogen (secondary N) is 1. The first-order valence-corrected chi connectivity index (χ1v) is 11.2. The molecule has 0 spiro atoms. The maximum Gasteiger partial charge on any atom is 0.341 e. The molecule has 10 heteroatoms. The van der Waals surface area contributed by atoms with Gasteiger partial charge in [0.1, 0.15) is 0 Å². The summed E-state index contributed by atoms with van der Waals surface area (Å²) in [4.78, 5) is 41.1. The van der Waals surface area contributed by atoms with E-state index in [-0.39, 0.29) is 31.8 Å². The Labute approximate surface area is 213 Å². The van der Waals surface area contributed by atoms with Gasteiger partial charge in [-0.1, -0.05) is 46.9 Å². The van der Waals surface area contributed by atoms with Gasteiger partial charge in [-0.3, -0.25) is 9.79 Å². The van der Waals surface area contributed by atoms with Gasteiger partial charge in [0.2, 0.25) is 5.54 Å². The Morgan fingerprint density at radius 1 is 0.914 bits per heavy atom. The molecule has 3 aromatic carbocycles. The van der Waals surface area contributed by atoms with Crippen molar-refractivity contribution in [2.24, 2.45) is 4.99 Å². The summed E-state index contributed by atoms with van der Waals surface area (Å²) < 4.78 is 0. The van der Waals surface area contributed by atoms with Gasteiger partial charge >= 0.3 is 11.9 Å². The predicted octanol–water partition coefficient (Wildman–Crippen LogP) is 4.30. The second kappa shape index (κ2) is 9.54. The van der Waals surface area contributed by atoms with Crippen molar-refractivity contribution in [2.75, 3.05) is 5.32 Å². The Morgan fingerprint density at radius 2 is 1.63 bits per heavy atom. The van der Waals surface area contributed by atoms with E-state index in [2.05, 4.69) is 10.3 Å². The fraction of sp³-hybridized carbons (Fsp3) is 0.0400. The number of carboxylic acids is 2. The lowest BCUT2D eigenvalue weighted by Gasteiger charge is -2.25. The van der Waals surface area contributed by atoms with Crippen molar-refractivity contribution in [3.63, 3.8) is 0 Å². The standard InChI is InChI=1S/C25H15Cl3N2O5/c26-15-6-4-13(5-7-15)23(33)29-17-3-1-2-14(10-17)25(24(34)35)18(8-9-21(31)32)22-19(28)11-16(27)12-20(22)30-25/h1-12H,(H,29,33)(H,31,32)(H,34,35). The molecule has 0 radical (unpaired) electrons. The van der Waals surface area contributed by atoms with Gasteiger partial charge in [0.25, 0.3) is 5.91 Å². The number of anilines is 1. The Bertz CT molecular complexity index is 1530. The van der Waals surface area contributed by atoms with Crippen LogP contribution in [-0.4, -0.2) is 28.1 Å². The average Bonchev–Trinajstić information content (AvgIpc) is 3.13. The van der Waals surface area contributed by atoms with Crippen LogP contribution in [0.4, 0.5) is 5.69 Å². The molecule has 1 aliphatic heterocycles. The van der Waals surface area contributed by atoms with Crippen LogP contribution < -0.4 is 15.9 Å². The summed E-state index contributed by atoms with van der Waals surface area (Å²) in [7, 11) is 0. The molecule has 0 bridgehead atoms. The molecule has 0 fully saturated rings. The molecule has 1 atom stereocenters. The average molecular weight is 530 g/mol. The molecule has 176 valence electrons. The number of carboxylic acid groups (broad SMARTS) is 2. The third-order valence-electron chi connectivity index (χ3n) is 5.33. The van der Waals surface area contributed by atoms with Crippen LogP contribution >= 0.6 is 34.8 Å². The van der Waals surface area contributed by atoms with E-state index in [1.807, 2.05) is 0 Å². The van der Waals surface area contributed by atoms with E-state index >= 15 is 0 Å². The lowest BCUT2D eigenvalue weighted by molar-refractivity contribution is -0.141. The third-order valence-corrected chi connectivity index (χ3v) is 6.10. The highest BCUT2D eigenvalue weighted by Gasteiger charge is 2.46. The molecule has 1 aliphatic rings. The van der Waals surface area contributed by atoms with Gasteiger partial charge in [-0.2, -0.15) is 0 Å². The molecule has 0 aromatic heterocycles. The van der Waals surface area contributed by atoms with Crippen molar-refractivity contribution in [3.05, 3.63) is 110 Å². The van der Waals surface area contributed by atoms with E-state index in [4.69, 9.17) is 34.8 Å². The predicted molar refractivity (Wildman–Crippen MR) is 133 cm³/mol. The molecule has 1 heterocycles. The van der Waals surface area contributed by atoms with Gasteiger partial charge in [0.05, 0.1) is 10.4 Å². The van der Waals surface area contributed by atoms with Crippen LogP contribution in [0.2, 0.25) is 15.1 Å². The van der Waals surface area contributed by atoms with Gasteiger partial charge < -0.3 is 15.5 Å². The van der Waals surface area contributed by atoms with Crippen LogP contribution in [0.1, 0.15) is 15.9 Å². The molecular formula is C25H15Cl3N2O5. The number of carbonyl (C=O) groups is 3. The van der Waals surface area contributed by atoms with E-state index in [1.165, 1.54) is 24.3 Å². The van der Waals surface area contributed by atoms with Crippen LogP contribution in [-0.2, 0) is 15.1 Å². The summed E-state index contributed by atoms with van der Waals surface area (Å²) >= 11 is 18.4. The number of carbonyl (C=O) groups excluding carboxylic acids is 1. The first-order valence-electron chi connectivity index (χ1n) is 10.0. The maximum atomic E-state index is 12.8. The highest BCUT2D eigenvalue weighted by Crippen LogP contribution is 2.39. The van der Waals surface area contributed by atoms with E-state index < -0.39 is 23.4 Å². The third kappa shape index (κ3) is 4.66. The molecule has 4 rings (SSSR count). The quantitative estimate of drug-likeness (QED) is 0.412. The summed E-state index contributed by atoms with van der Waals surface area (Å²) in [5, 5.41) is 23.6. The van der Waals surface area contributed by atoms with E-state index in [1.54, 1.807) is 36.4 Å². The van der Waals surface area contributed by atoms with Crippen LogP contribution in [0, 0.1) is 0 Å². The molecule has 1 unspecified atom stereocenters. The normalized spacial score (nSPS) is 16.6. The monoisotopic (exact) mass is 528 g/mol. The molecule has 3 N–H and O–H groups in total. The highest BCUT2D eigenvalue weighted by atomic mass is 35.5. The Kier molecular flexibility index (Phi) is 6.67. The van der Waals surface area contributed by atoms with Gasteiger partial charge in [-0.05, 0) is 60.2 Å². The number of fused-ring (bicyclic) bond motifs is 1. The lowest BCUT2D eigenvalue weighted by Crippen LogP contribution is -2.35. The topological polar surface area (TPSA) is 116 Å². The summed E-state index contributed by atoms with van der Waals surface area (Å²) in [5.74, 6) is -3.08. The molecule has 1 amide bonds. The summed E-state index contributed by atoms with van der Waals surface area (Å²) in [6, 6.07) is 15.3. The molecule has 3 aromatic rings. The number of rotatable bonds is 6. The van der Waals surface area contributed by atoms with Gasteiger partial charge in [0.15, 0.2) is 0 Å². The van der Waals surface area contributed by atoms with E-state index in [0.717, 1.165) is 12.2 Å².